The van der Waals surface area contributed by atoms with Crippen molar-refractivity contribution >= 4 is 30.0 Å². The van der Waals surface area contributed by atoms with Gasteiger partial charge in [0, 0.05) is 13.0 Å². The van der Waals surface area contributed by atoms with Crippen LogP contribution in [0.5, 0.6) is 0 Å². The van der Waals surface area contributed by atoms with Crippen LogP contribution in [0.15, 0.2) is 60.7 Å². The molecule has 0 aliphatic carbocycles. The van der Waals surface area contributed by atoms with Crippen LogP contribution in [-0.2, 0) is 46.4 Å². The van der Waals surface area contributed by atoms with Crippen molar-refractivity contribution in [1.82, 2.24) is 16.0 Å². The molecule has 0 heterocycles. The summed E-state index contributed by atoms with van der Waals surface area (Å²) in [6.45, 7) is 10.5. The van der Waals surface area contributed by atoms with Crippen LogP contribution in [0.4, 0.5) is 9.59 Å². The Labute approximate surface area is 277 Å². The van der Waals surface area contributed by atoms with Crippen molar-refractivity contribution in [3.8, 4) is 0 Å². The summed E-state index contributed by atoms with van der Waals surface area (Å²) < 4.78 is 21.4. The van der Waals surface area contributed by atoms with Crippen molar-refractivity contribution in [2.24, 2.45) is 0 Å². The minimum absolute atomic E-state index is 0.0531. The second-order valence-electron chi connectivity index (χ2n) is 12.9. The maximum atomic E-state index is 13.5. The van der Waals surface area contributed by atoms with E-state index in [0.717, 1.165) is 11.1 Å². The number of carbonyl (C=O) groups is 5. The van der Waals surface area contributed by atoms with Crippen molar-refractivity contribution in [2.75, 3.05) is 13.2 Å². The molecule has 3 N–H and O–H groups in total. The molecule has 258 valence electrons. The van der Waals surface area contributed by atoms with Crippen molar-refractivity contribution < 1.29 is 42.9 Å². The molecule has 0 aliphatic rings. The molecule has 0 fully saturated rings. The van der Waals surface area contributed by atoms with Crippen LogP contribution in [0.1, 0.15) is 78.4 Å². The van der Waals surface area contributed by atoms with Gasteiger partial charge in [-0.2, -0.15) is 0 Å². The van der Waals surface area contributed by atoms with Gasteiger partial charge in [0.1, 0.15) is 29.9 Å². The molecule has 12 heteroatoms. The lowest BCUT2D eigenvalue weighted by Crippen LogP contribution is -2.53. The van der Waals surface area contributed by atoms with Crippen molar-refractivity contribution in [1.29, 1.82) is 0 Å². The number of ether oxygens (including phenoxy) is 4. The number of hydrogen-bond acceptors (Lipinski definition) is 9. The van der Waals surface area contributed by atoms with Crippen LogP contribution in [0.2, 0.25) is 0 Å². The fourth-order valence-corrected chi connectivity index (χ4v) is 4.16. The predicted octanol–water partition coefficient (Wildman–Crippen LogP) is 4.98. The molecular weight excluding hydrogens is 606 g/mol. The van der Waals surface area contributed by atoms with Gasteiger partial charge in [0.15, 0.2) is 0 Å². The number of esters is 2. The molecule has 0 saturated heterocycles. The molecule has 3 amide bonds. The predicted molar refractivity (Wildman–Crippen MR) is 175 cm³/mol. The van der Waals surface area contributed by atoms with Gasteiger partial charge in [0.2, 0.25) is 5.91 Å². The summed E-state index contributed by atoms with van der Waals surface area (Å²) in [4.78, 5) is 63.5. The Bertz CT molecular complexity index is 1290. The molecule has 2 atom stereocenters. The smallest absolute Gasteiger partial charge is 0.408 e. The SMILES string of the molecule is CC(C)(C)OC(=O)N[C@@H](CCOC(=O)Cc1ccccc1)C(=O)N[C@@H](CCCCNC(=O)OCc1ccccc1)C(=O)OC(C)(C)C. The third kappa shape index (κ3) is 17.6. The van der Waals surface area contributed by atoms with Gasteiger partial charge >= 0.3 is 24.1 Å². The largest absolute Gasteiger partial charge is 0.465 e. The highest BCUT2D eigenvalue weighted by atomic mass is 16.6. The first-order valence-corrected chi connectivity index (χ1v) is 15.8. The van der Waals surface area contributed by atoms with Crippen LogP contribution in [0.25, 0.3) is 0 Å². The lowest BCUT2D eigenvalue weighted by molar-refractivity contribution is -0.159. The van der Waals surface area contributed by atoms with Crippen LogP contribution in [-0.4, -0.2) is 66.5 Å². The first-order chi connectivity index (χ1) is 22.1. The lowest BCUT2D eigenvalue weighted by Gasteiger charge is -2.27. The van der Waals surface area contributed by atoms with E-state index in [9.17, 15) is 24.0 Å². The van der Waals surface area contributed by atoms with Gasteiger partial charge in [-0.15, -0.1) is 0 Å². The summed E-state index contributed by atoms with van der Waals surface area (Å²) in [6.07, 6.45) is -0.276. The Morgan fingerprint density at radius 3 is 1.85 bits per heavy atom. The number of amides is 3. The number of carbonyl (C=O) groups excluding carboxylic acids is 5. The zero-order valence-electron chi connectivity index (χ0n) is 28.3. The van der Waals surface area contributed by atoms with Gasteiger partial charge < -0.3 is 34.9 Å². The van der Waals surface area contributed by atoms with E-state index in [-0.39, 0.29) is 32.5 Å². The zero-order chi connectivity index (χ0) is 34.9. The lowest BCUT2D eigenvalue weighted by atomic mass is 10.1. The van der Waals surface area contributed by atoms with E-state index in [0.29, 0.717) is 19.4 Å². The highest BCUT2D eigenvalue weighted by Gasteiger charge is 2.31. The highest BCUT2D eigenvalue weighted by molar-refractivity contribution is 5.89. The zero-order valence-corrected chi connectivity index (χ0v) is 28.3. The average Bonchev–Trinajstić information content (AvgIpc) is 2.98. The number of hydrogen-bond donors (Lipinski definition) is 3. The van der Waals surface area contributed by atoms with E-state index in [4.69, 9.17) is 18.9 Å². The summed E-state index contributed by atoms with van der Waals surface area (Å²) in [5.41, 5.74) is 0.00101. The molecule has 0 unspecified atom stereocenters. The highest BCUT2D eigenvalue weighted by Crippen LogP contribution is 2.13. The molecule has 2 aromatic carbocycles. The van der Waals surface area contributed by atoms with E-state index >= 15 is 0 Å². The van der Waals surface area contributed by atoms with Crippen LogP contribution < -0.4 is 16.0 Å². The maximum absolute atomic E-state index is 13.5. The van der Waals surface area contributed by atoms with E-state index in [1.54, 1.807) is 53.7 Å². The summed E-state index contributed by atoms with van der Waals surface area (Å²) in [7, 11) is 0. The van der Waals surface area contributed by atoms with Crippen molar-refractivity contribution in [2.45, 2.75) is 104 Å². The summed E-state index contributed by atoms with van der Waals surface area (Å²) in [6, 6.07) is 16.1. The van der Waals surface area contributed by atoms with Crippen LogP contribution in [0, 0.1) is 0 Å². The van der Waals surface area contributed by atoms with Crippen LogP contribution >= 0.6 is 0 Å². The number of rotatable bonds is 16. The van der Waals surface area contributed by atoms with E-state index < -0.39 is 53.3 Å². The molecule has 0 aliphatic heterocycles. The molecule has 0 saturated carbocycles. The number of nitrogens with one attached hydrogen (secondary N) is 3. The maximum Gasteiger partial charge on any atom is 0.408 e. The van der Waals surface area contributed by atoms with Crippen molar-refractivity contribution in [3.05, 3.63) is 71.8 Å². The van der Waals surface area contributed by atoms with Gasteiger partial charge in [-0.25, -0.2) is 14.4 Å². The van der Waals surface area contributed by atoms with Gasteiger partial charge in [0.05, 0.1) is 13.0 Å². The summed E-state index contributed by atoms with van der Waals surface area (Å²) in [5, 5.41) is 7.88. The Morgan fingerprint density at radius 2 is 1.26 bits per heavy atom. The summed E-state index contributed by atoms with van der Waals surface area (Å²) in [5.74, 6) is -1.81. The van der Waals surface area contributed by atoms with E-state index in [1.165, 1.54) is 0 Å². The Morgan fingerprint density at radius 1 is 0.660 bits per heavy atom. The third-order valence-electron chi connectivity index (χ3n) is 6.28. The Balaban J connectivity index is 1.98. The number of unbranched alkanes of at least 4 members (excludes halogenated alkanes) is 1. The molecule has 2 aromatic rings. The first-order valence-electron chi connectivity index (χ1n) is 15.8. The molecule has 0 spiro atoms. The minimum atomic E-state index is -1.18. The van der Waals surface area contributed by atoms with Crippen molar-refractivity contribution in [3.63, 3.8) is 0 Å². The molecular formula is C35H49N3O9. The quantitative estimate of drug-likeness (QED) is 0.129. The fourth-order valence-electron chi connectivity index (χ4n) is 4.16. The van der Waals surface area contributed by atoms with Gasteiger partial charge in [-0.05, 0) is 71.9 Å². The third-order valence-corrected chi connectivity index (χ3v) is 6.28. The molecule has 2 rings (SSSR count). The van der Waals surface area contributed by atoms with E-state index in [2.05, 4.69) is 16.0 Å². The second kappa shape index (κ2) is 19.1. The molecule has 0 bridgehead atoms. The molecule has 0 radical (unpaired) electrons. The first kappa shape index (κ1) is 38.6. The number of alkyl carbamates (subject to hydrolysis) is 2. The van der Waals surface area contributed by atoms with Gasteiger partial charge in [-0.1, -0.05) is 60.7 Å². The fraction of sp³-hybridized carbons (Fsp3) is 0.514. The topological polar surface area (TPSA) is 158 Å². The van der Waals surface area contributed by atoms with Gasteiger partial charge in [-0.3, -0.25) is 9.59 Å². The standard InChI is InChI=1S/C35H49N3O9/c1-34(2,3)46-31(41)28(19-13-14-21-36-32(42)45-24-26-17-11-8-12-18-26)37-30(40)27(38-33(43)47-35(4,5)6)20-22-44-29(39)23-25-15-9-7-10-16-25/h7-12,15-18,27-28H,13-14,19-24H2,1-6H3,(H,36,42)(H,37,40)(H,38,43)/t27-,28-/m0/s1. The molecule has 0 aromatic heterocycles. The Kier molecular flexibility index (Phi) is 15.7. The minimum Gasteiger partial charge on any atom is -0.465 e. The monoisotopic (exact) mass is 655 g/mol. The Hall–Kier alpha value is -4.61. The number of benzene rings is 2. The van der Waals surface area contributed by atoms with Crippen LogP contribution in [0.3, 0.4) is 0 Å². The molecule has 12 nitrogen and oxygen atoms in total. The van der Waals surface area contributed by atoms with E-state index in [1.807, 2.05) is 48.5 Å². The normalized spacial score (nSPS) is 12.6. The second-order valence-corrected chi connectivity index (χ2v) is 12.9. The summed E-state index contributed by atoms with van der Waals surface area (Å²) >= 11 is 0. The average molecular weight is 656 g/mol. The molecule has 47 heavy (non-hydrogen) atoms. The van der Waals surface area contributed by atoms with Gasteiger partial charge in [0.25, 0.3) is 0 Å².